The summed E-state index contributed by atoms with van der Waals surface area (Å²) in [6, 6.07) is 9.51. The van der Waals surface area contributed by atoms with Crippen LogP contribution in [0.5, 0.6) is 0 Å². The van der Waals surface area contributed by atoms with Gasteiger partial charge in [-0.25, -0.2) is 0 Å². The zero-order valence-electron chi connectivity index (χ0n) is 14.2. The molecule has 25 heavy (non-hydrogen) atoms. The van der Waals surface area contributed by atoms with Crippen LogP contribution in [0.1, 0.15) is 17.0 Å². The predicted octanol–water partition coefficient (Wildman–Crippen LogP) is 4.88. The van der Waals surface area contributed by atoms with Crippen molar-refractivity contribution in [2.45, 2.75) is 20.4 Å². The molecule has 0 saturated heterocycles. The molecule has 0 aliphatic carbocycles. The Balaban J connectivity index is 2.53. The summed E-state index contributed by atoms with van der Waals surface area (Å²) in [5.41, 5.74) is 5.33. The van der Waals surface area contributed by atoms with Gasteiger partial charge in [0.15, 0.2) is 0 Å². The Bertz CT molecular complexity index is 965. The summed E-state index contributed by atoms with van der Waals surface area (Å²) in [5.74, 6) is 0. The first-order valence-corrected chi connectivity index (χ1v) is 7.96. The molecule has 5 heteroatoms. The summed E-state index contributed by atoms with van der Waals surface area (Å²) in [5, 5.41) is 23.2. The van der Waals surface area contributed by atoms with Gasteiger partial charge in [0, 0.05) is 11.3 Å². The molecule has 0 saturated carbocycles. The Morgan fingerprint density at radius 2 is 2.00 bits per heavy atom. The molecule has 1 aromatic heterocycles. The van der Waals surface area contributed by atoms with Crippen LogP contribution in [0, 0.1) is 36.5 Å². The van der Waals surface area contributed by atoms with E-state index in [1.54, 1.807) is 18.2 Å². The molecule has 0 radical (unpaired) electrons. The standard InChI is InChI=1S/C20H17ClN4/c1-5-15(10-22)16(6-2)12-25-14(4)20(13(3)24-25)17-7-8-18(11-23)19(21)9-17/h5-9H,1-2,12H2,3-4H3/b16-15-. The Hall–Kier alpha value is -3.08. The number of halogens is 1. The van der Waals surface area contributed by atoms with Crippen molar-refractivity contribution >= 4 is 11.6 Å². The number of nitriles is 2. The van der Waals surface area contributed by atoms with Gasteiger partial charge in [-0.3, -0.25) is 4.68 Å². The maximum absolute atomic E-state index is 9.20. The second kappa shape index (κ2) is 7.66. The van der Waals surface area contributed by atoms with Crippen LogP contribution in [0.2, 0.25) is 5.02 Å². The molecular formula is C20H17ClN4. The number of hydrogen-bond acceptors (Lipinski definition) is 3. The zero-order chi connectivity index (χ0) is 18.6. The van der Waals surface area contributed by atoms with E-state index in [0.29, 0.717) is 22.7 Å². The summed E-state index contributed by atoms with van der Waals surface area (Å²) in [6.07, 6.45) is 3.17. The van der Waals surface area contributed by atoms with Crippen LogP contribution < -0.4 is 0 Å². The van der Waals surface area contributed by atoms with Crippen LogP contribution in [0.3, 0.4) is 0 Å². The minimum Gasteiger partial charge on any atom is -0.264 e. The molecule has 0 atom stereocenters. The average Bonchev–Trinajstić information content (AvgIpc) is 2.88. The van der Waals surface area contributed by atoms with Gasteiger partial charge in [-0.15, -0.1) is 0 Å². The van der Waals surface area contributed by atoms with Crippen molar-refractivity contribution in [1.82, 2.24) is 9.78 Å². The van der Waals surface area contributed by atoms with Crippen LogP contribution >= 0.6 is 11.6 Å². The molecule has 0 N–H and O–H groups in total. The lowest BCUT2D eigenvalue weighted by Gasteiger charge is -2.08. The molecule has 2 aromatic rings. The van der Waals surface area contributed by atoms with Gasteiger partial charge in [0.05, 0.1) is 34.5 Å². The Kier molecular flexibility index (Phi) is 5.60. The molecule has 1 aromatic carbocycles. The highest BCUT2D eigenvalue weighted by Gasteiger charge is 2.15. The number of aryl methyl sites for hydroxylation is 1. The highest BCUT2D eigenvalue weighted by atomic mass is 35.5. The largest absolute Gasteiger partial charge is 0.264 e. The molecule has 0 aliphatic heterocycles. The van der Waals surface area contributed by atoms with Crippen LogP contribution in [-0.2, 0) is 6.54 Å². The zero-order valence-corrected chi connectivity index (χ0v) is 14.9. The number of allylic oxidation sites excluding steroid dienone is 4. The summed E-state index contributed by atoms with van der Waals surface area (Å²) in [6.45, 7) is 11.7. The number of aromatic nitrogens is 2. The normalized spacial score (nSPS) is 11.2. The van der Waals surface area contributed by atoms with Crippen molar-refractivity contribution in [3.8, 4) is 23.3 Å². The first-order valence-electron chi connectivity index (χ1n) is 7.59. The van der Waals surface area contributed by atoms with Gasteiger partial charge in [-0.1, -0.05) is 43.0 Å². The molecule has 0 aliphatic rings. The first kappa shape index (κ1) is 18.3. The fraction of sp³-hybridized carbons (Fsp3) is 0.150. The van der Waals surface area contributed by atoms with E-state index in [4.69, 9.17) is 16.9 Å². The minimum atomic E-state index is 0.414. The number of hydrogen-bond donors (Lipinski definition) is 0. The maximum atomic E-state index is 9.20. The lowest BCUT2D eigenvalue weighted by Crippen LogP contribution is -2.05. The van der Waals surface area contributed by atoms with Gasteiger partial charge in [0.2, 0.25) is 0 Å². The van der Waals surface area contributed by atoms with E-state index in [9.17, 15) is 5.26 Å². The van der Waals surface area contributed by atoms with Crippen LogP contribution in [-0.4, -0.2) is 9.78 Å². The first-order chi connectivity index (χ1) is 12.0. The van der Waals surface area contributed by atoms with Crippen molar-refractivity contribution < 1.29 is 0 Å². The maximum Gasteiger partial charge on any atom is 0.101 e. The molecule has 0 bridgehead atoms. The van der Waals surface area contributed by atoms with E-state index in [1.165, 1.54) is 6.08 Å². The minimum absolute atomic E-state index is 0.414. The predicted molar refractivity (Wildman–Crippen MR) is 99.9 cm³/mol. The van der Waals surface area contributed by atoms with Gasteiger partial charge >= 0.3 is 0 Å². The van der Waals surface area contributed by atoms with Gasteiger partial charge < -0.3 is 0 Å². The molecule has 0 amide bonds. The van der Waals surface area contributed by atoms with Gasteiger partial charge in [-0.2, -0.15) is 15.6 Å². The quantitative estimate of drug-likeness (QED) is 0.571. The Labute approximate surface area is 152 Å². The van der Waals surface area contributed by atoms with E-state index in [1.807, 2.05) is 24.6 Å². The van der Waals surface area contributed by atoms with Crippen molar-refractivity contribution in [1.29, 1.82) is 10.5 Å². The highest BCUT2D eigenvalue weighted by Crippen LogP contribution is 2.30. The van der Waals surface area contributed by atoms with Crippen molar-refractivity contribution in [2.75, 3.05) is 0 Å². The molecule has 2 rings (SSSR count). The molecule has 0 spiro atoms. The number of nitrogens with zero attached hydrogens (tertiary/aromatic N) is 4. The summed E-state index contributed by atoms with van der Waals surface area (Å²) < 4.78 is 1.83. The van der Waals surface area contributed by atoms with E-state index < -0.39 is 0 Å². The monoisotopic (exact) mass is 348 g/mol. The molecule has 1 heterocycles. The van der Waals surface area contributed by atoms with Gasteiger partial charge in [-0.05, 0) is 37.1 Å². The number of benzene rings is 1. The molecule has 4 nitrogen and oxygen atoms in total. The van der Waals surface area contributed by atoms with Crippen molar-refractivity contribution in [3.05, 3.63) is 76.6 Å². The molecular weight excluding hydrogens is 332 g/mol. The molecule has 124 valence electrons. The lowest BCUT2D eigenvalue weighted by molar-refractivity contribution is 0.657. The summed E-state index contributed by atoms with van der Waals surface area (Å²) in [4.78, 5) is 0. The fourth-order valence-electron chi connectivity index (χ4n) is 2.70. The van der Waals surface area contributed by atoms with E-state index in [0.717, 1.165) is 28.1 Å². The van der Waals surface area contributed by atoms with Crippen LogP contribution in [0.25, 0.3) is 11.1 Å². The summed E-state index contributed by atoms with van der Waals surface area (Å²) in [7, 11) is 0. The second-order valence-electron chi connectivity index (χ2n) is 5.47. The number of rotatable bonds is 5. The second-order valence-corrected chi connectivity index (χ2v) is 5.88. The van der Waals surface area contributed by atoms with Gasteiger partial charge in [0.1, 0.15) is 6.07 Å². The lowest BCUT2D eigenvalue weighted by atomic mass is 10.0. The smallest absolute Gasteiger partial charge is 0.101 e. The van der Waals surface area contributed by atoms with E-state index >= 15 is 0 Å². The third-order valence-electron chi connectivity index (χ3n) is 4.00. The van der Waals surface area contributed by atoms with Crippen molar-refractivity contribution in [3.63, 3.8) is 0 Å². The van der Waals surface area contributed by atoms with E-state index in [2.05, 4.69) is 30.4 Å². The van der Waals surface area contributed by atoms with Crippen LogP contribution in [0.4, 0.5) is 0 Å². The molecule has 0 unspecified atom stereocenters. The Morgan fingerprint density at radius 1 is 1.28 bits per heavy atom. The topological polar surface area (TPSA) is 65.4 Å². The fourth-order valence-corrected chi connectivity index (χ4v) is 2.92. The SMILES string of the molecule is C=C/C(C#N)=C(\C=C)Cn1nc(C)c(-c2ccc(C#N)c(Cl)c2)c1C. The van der Waals surface area contributed by atoms with Gasteiger partial charge in [0.25, 0.3) is 0 Å². The average molecular weight is 349 g/mol. The highest BCUT2D eigenvalue weighted by molar-refractivity contribution is 6.32. The molecule has 0 fully saturated rings. The van der Waals surface area contributed by atoms with E-state index in [-0.39, 0.29) is 0 Å². The Morgan fingerprint density at radius 3 is 2.52 bits per heavy atom. The van der Waals surface area contributed by atoms with Crippen molar-refractivity contribution in [2.24, 2.45) is 0 Å². The summed E-state index contributed by atoms with van der Waals surface area (Å²) >= 11 is 6.16. The third kappa shape index (κ3) is 3.55. The third-order valence-corrected chi connectivity index (χ3v) is 4.31. The van der Waals surface area contributed by atoms with Crippen LogP contribution in [0.15, 0.2) is 54.7 Å².